The molecule has 0 radical (unpaired) electrons. The van der Waals surface area contributed by atoms with Crippen molar-refractivity contribution in [2.24, 2.45) is 4.99 Å². The molecule has 0 aromatic heterocycles. The van der Waals surface area contributed by atoms with Gasteiger partial charge in [-0.3, -0.25) is 4.99 Å². The molecular weight excluding hydrogens is 302 g/mol. The van der Waals surface area contributed by atoms with Gasteiger partial charge in [0.15, 0.2) is 0 Å². The van der Waals surface area contributed by atoms with E-state index in [4.69, 9.17) is 4.99 Å². The molecule has 1 atom stereocenters. The fourth-order valence-corrected chi connectivity index (χ4v) is 3.65. The number of rotatable bonds is 5. The standard InChI is InChI=1S/C24H23N/c1-2-3-16-25-17-24-21-11-7-5-9-19(21)13-15-23(24)22-14-12-18-8-4-6-10-20(18)22/h4-15,17,22H,2-3,16H2,1H3. The normalized spacial score (nSPS) is 16.0. The van der Waals surface area contributed by atoms with Crippen LogP contribution in [-0.2, 0) is 0 Å². The van der Waals surface area contributed by atoms with Crippen LogP contribution in [0.1, 0.15) is 47.9 Å². The van der Waals surface area contributed by atoms with E-state index in [1.165, 1.54) is 39.4 Å². The molecule has 1 aliphatic carbocycles. The third-order valence-electron chi connectivity index (χ3n) is 5.00. The molecule has 0 amide bonds. The lowest BCUT2D eigenvalue weighted by atomic mass is 9.87. The quantitative estimate of drug-likeness (QED) is 0.390. The summed E-state index contributed by atoms with van der Waals surface area (Å²) in [6.07, 6.45) is 8.98. The number of unbranched alkanes of at least 4 members (excludes halogenated alkanes) is 1. The fourth-order valence-electron chi connectivity index (χ4n) is 3.65. The summed E-state index contributed by atoms with van der Waals surface area (Å²) >= 11 is 0. The highest BCUT2D eigenvalue weighted by Gasteiger charge is 2.21. The molecule has 0 saturated carbocycles. The summed E-state index contributed by atoms with van der Waals surface area (Å²) in [5, 5.41) is 2.57. The van der Waals surface area contributed by atoms with E-state index in [-0.39, 0.29) is 0 Å². The third-order valence-corrected chi connectivity index (χ3v) is 5.00. The molecule has 3 aromatic carbocycles. The molecule has 124 valence electrons. The number of fused-ring (bicyclic) bond motifs is 2. The SMILES string of the molecule is CCCCN=Cc1c(C2C=Cc3ccccc32)ccc2ccccc12. The molecular formula is C24H23N. The molecule has 0 fully saturated rings. The van der Waals surface area contributed by atoms with E-state index in [0.717, 1.165) is 13.0 Å². The van der Waals surface area contributed by atoms with E-state index in [2.05, 4.69) is 86.0 Å². The van der Waals surface area contributed by atoms with Crippen molar-refractivity contribution in [3.8, 4) is 0 Å². The summed E-state index contributed by atoms with van der Waals surface area (Å²) < 4.78 is 0. The number of nitrogens with zero attached hydrogens (tertiary/aromatic N) is 1. The molecule has 0 heterocycles. The average molecular weight is 325 g/mol. The second-order valence-corrected chi connectivity index (χ2v) is 6.64. The van der Waals surface area contributed by atoms with Gasteiger partial charge in [0.1, 0.15) is 0 Å². The molecule has 0 bridgehead atoms. The van der Waals surface area contributed by atoms with Crippen molar-refractivity contribution in [2.45, 2.75) is 25.7 Å². The molecule has 0 N–H and O–H groups in total. The summed E-state index contributed by atoms with van der Waals surface area (Å²) in [7, 11) is 0. The van der Waals surface area contributed by atoms with E-state index >= 15 is 0 Å². The van der Waals surface area contributed by atoms with Crippen molar-refractivity contribution in [3.05, 3.63) is 89.0 Å². The highest BCUT2D eigenvalue weighted by molar-refractivity contribution is 6.02. The maximum atomic E-state index is 4.72. The van der Waals surface area contributed by atoms with Gasteiger partial charge in [0, 0.05) is 24.2 Å². The van der Waals surface area contributed by atoms with Crippen LogP contribution in [0.5, 0.6) is 0 Å². The summed E-state index contributed by atoms with van der Waals surface area (Å²) in [5.74, 6) is 0.313. The van der Waals surface area contributed by atoms with E-state index < -0.39 is 0 Å². The van der Waals surface area contributed by atoms with Gasteiger partial charge in [-0.25, -0.2) is 0 Å². The van der Waals surface area contributed by atoms with Crippen LogP contribution in [0.25, 0.3) is 16.8 Å². The molecule has 0 saturated heterocycles. The predicted molar refractivity (Wildman–Crippen MR) is 109 cm³/mol. The van der Waals surface area contributed by atoms with Gasteiger partial charge in [0.05, 0.1) is 0 Å². The first kappa shape index (κ1) is 15.8. The van der Waals surface area contributed by atoms with Crippen LogP contribution < -0.4 is 0 Å². The van der Waals surface area contributed by atoms with Crippen molar-refractivity contribution in [1.29, 1.82) is 0 Å². The van der Waals surface area contributed by atoms with Gasteiger partial charge in [0.2, 0.25) is 0 Å². The Balaban J connectivity index is 1.84. The average Bonchev–Trinajstić information content (AvgIpc) is 3.09. The first-order valence-corrected chi connectivity index (χ1v) is 9.17. The Labute approximate surface area is 149 Å². The largest absolute Gasteiger partial charge is 0.293 e. The first-order valence-electron chi connectivity index (χ1n) is 9.17. The topological polar surface area (TPSA) is 12.4 Å². The van der Waals surface area contributed by atoms with Crippen LogP contribution in [0.4, 0.5) is 0 Å². The lowest BCUT2D eigenvalue weighted by Gasteiger charge is -2.16. The highest BCUT2D eigenvalue weighted by atomic mass is 14.7. The van der Waals surface area contributed by atoms with Crippen LogP contribution in [-0.4, -0.2) is 12.8 Å². The Hall–Kier alpha value is -2.67. The van der Waals surface area contributed by atoms with Crippen LogP contribution in [0.3, 0.4) is 0 Å². The van der Waals surface area contributed by atoms with Gasteiger partial charge in [-0.15, -0.1) is 0 Å². The third kappa shape index (κ3) is 3.02. The minimum absolute atomic E-state index is 0.313. The molecule has 0 spiro atoms. The smallest absolute Gasteiger partial charge is 0.0389 e. The van der Waals surface area contributed by atoms with Crippen molar-refractivity contribution >= 4 is 23.1 Å². The first-order chi connectivity index (χ1) is 12.4. The summed E-state index contributed by atoms with van der Waals surface area (Å²) in [4.78, 5) is 4.72. The van der Waals surface area contributed by atoms with Gasteiger partial charge < -0.3 is 0 Å². The summed E-state index contributed by atoms with van der Waals surface area (Å²) in [6.45, 7) is 3.11. The fraction of sp³-hybridized carbons (Fsp3) is 0.208. The molecule has 1 nitrogen and oxygen atoms in total. The van der Waals surface area contributed by atoms with Gasteiger partial charge in [-0.2, -0.15) is 0 Å². The zero-order valence-electron chi connectivity index (χ0n) is 14.7. The Morgan fingerprint density at radius 1 is 0.920 bits per heavy atom. The summed E-state index contributed by atoms with van der Waals surface area (Å²) in [5.41, 5.74) is 5.33. The Morgan fingerprint density at radius 2 is 1.76 bits per heavy atom. The molecule has 25 heavy (non-hydrogen) atoms. The number of allylic oxidation sites excluding steroid dienone is 1. The predicted octanol–water partition coefficient (Wildman–Crippen LogP) is 6.22. The maximum Gasteiger partial charge on any atom is 0.0389 e. The second kappa shape index (κ2) is 7.06. The van der Waals surface area contributed by atoms with Crippen LogP contribution in [0, 0.1) is 0 Å². The number of hydrogen-bond acceptors (Lipinski definition) is 1. The molecule has 1 unspecified atom stereocenters. The minimum Gasteiger partial charge on any atom is -0.293 e. The highest BCUT2D eigenvalue weighted by Crippen LogP contribution is 2.38. The van der Waals surface area contributed by atoms with Gasteiger partial charge >= 0.3 is 0 Å². The molecule has 4 rings (SSSR count). The number of hydrogen-bond donors (Lipinski definition) is 0. The van der Waals surface area contributed by atoms with Crippen molar-refractivity contribution in [1.82, 2.24) is 0 Å². The second-order valence-electron chi connectivity index (χ2n) is 6.64. The number of benzene rings is 3. The molecule has 1 heteroatoms. The van der Waals surface area contributed by atoms with Gasteiger partial charge in [-0.1, -0.05) is 86.2 Å². The molecule has 1 aliphatic rings. The lowest BCUT2D eigenvalue weighted by Crippen LogP contribution is -2.02. The Morgan fingerprint density at radius 3 is 2.68 bits per heavy atom. The van der Waals surface area contributed by atoms with Crippen molar-refractivity contribution in [2.75, 3.05) is 6.54 Å². The van der Waals surface area contributed by atoms with Gasteiger partial charge in [-0.05, 0) is 33.9 Å². The lowest BCUT2D eigenvalue weighted by molar-refractivity contribution is 0.810. The zero-order valence-corrected chi connectivity index (χ0v) is 14.7. The van der Waals surface area contributed by atoms with E-state index in [9.17, 15) is 0 Å². The monoisotopic (exact) mass is 325 g/mol. The van der Waals surface area contributed by atoms with E-state index in [0.29, 0.717) is 5.92 Å². The van der Waals surface area contributed by atoms with Crippen LogP contribution in [0.15, 0.2) is 71.7 Å². The Bertz CT molecular complexity index is 949. The molecule has 0 aliphatic heterocycles. The number of aliphatic imine (C=N–C) groups is 1. The summed E-state index contributed by atoms with van der Waals surface area (Å²) in [6, 6.07) is 21.8. The van der Waals surface area contributed by atoms with E-state index in [1.54, 1.807) is 0 Å². The van der Waals surface area contributed by atoms with Crippen molar-refractivity contribution < 1.29 is 0 Å². The van der Waals surface area contributed by atoms with E-state index in [1.807, 2.05) is 0 Å². The Kier molecular flexibility index (Phi) is 4.47. The van der Waals surface area contributed by atoms with Gasteiger partial charge in [0.25, 0.3) is 0 Å². The van der Waals surface area contributed by atoms with Crippen molar-refractivity contribution in [3.63, 3.8) is 0 Å². The molecule has 3 aromatic rings. The van der Waals surface area contributed by atoms with Crippen LogP contribution >= 0.6 is 0 Å². The maximum absolute atomic E-state index is 4.72. The van der Waals surface area contributed by atoms with Crippen LogP contribution in [0.2, 0.25) is 0 Å². The zero-order chi connectivity index (χ0) is 17.1. The minimum atomic E-state index is 0.313.